The third-order valence-corrected chi connectivity index (χ3v) is 4.90. The monoisotopic (exact) mass is 332 g/mol. The normalized spacial score (nSPS) is 17.1. The van der Waals surface area contributed by atoms with Crippen molar-refractivity contribution in [2.45, 2.75) is 25.2 Å². The number of aryl methyl sites for hydroxylation is 1. The zero-order chi connectivity index (χ0) is 16.4. The fourth-order valence-electron chi connectivity index (χ4n) is 3.03. The van der Waals surface area contributed by atoms with E-state index in [0.29, 0.717) is 0 Å². The van der Waals surface area contributed by atoms with Gasteiger partial charge in [-0.1, -0.05) is 30.7 Å². The molecule has 3 rings (SSSR count). The molecule has 23 heavy (non-hydrogen) atoms. The fourth-order valence-corrected chi connectivity index (χ4v) is 3.16. The maximum Gasteiger partial charge on any atom is 0.321 e. The number of likely N-dealkylation sites (tertiary alicyclic amines) is 1. The minimum Gasteiger partial charge on any atom is -0.324 e. The summed E-state index contributed by atoms with van der Waals surface area (Å²) in [5.74, 6) is 0. The molecule has 0 aliphatic carbocycles. The third-order valence-electron chi connectivity index (χ3n) is 4.65. The highest BCUT2D eigenvalue weighted by Gasteiger charge is 2.33. The number of carbonyl (C=O) groups excluding carboxylic acids is 1. The molecule has 1 N–H and O–H groups in total. The molecule has 0 bridgehead atoms. The van der Waals surface area contributed by atoms with Gasteiger partial charge < -0.3 is 10.2 Å². The maximum atomic E-state index is 12.3. The van der Waals surface area contributed by atoms with Crippen LogP contribution in [-0.2, 0) is 12.5 Å². The highest BCUT2D eigenvalue weighted by Crippen LogP contribution is 2.35. The van der Waals surface area contributed by atoms with Crippen LogP contribution >= 0.6 is 11.6 Å². The molecule has 0 atom stereocenters. The van der Waals surface area contributed by atoms with Gasteiger partial charge in [0.15, 0.2) is 0 Å². The van der Waals surface area contributed by atoms with Gasteiger partial charge in [0.2, 0.25) is 0 Å². The van der Waals surface area contributed by atoms with E-state index in [9.17, 15) is 4.79 Å². The topological polar surface area (TPSA) is 50.2 Å². The summed E-state index contributed by atoms with van der Waals surface area (Å²) < 4.78 is 1.67. The summed E-state index contributed by atoms with van der Waals surface area (Å²) in [6.07, 6.45) is 5.32. The summed E-state index contributed by atoms with van der Waals surface area (Å²) in [5, 5.41) is 7.71. The molecule has 2 amide bonds. The third kappa shape index (κ3) is 3.50. The number of carbonyl (C=O) groups is 1. The van der Waals surface area contributed by atoms with E-state index < -0.39 is 0 Å². The summed E-state index contributed by atoms with van der Waals surface area (Å²) in [6.45, 7) is 3.74. The van der Waals surface area contributed by atoms with Crippen LogP contribution in [0.1, 0.15) is 25.3 Å². The number of nitrogens with zero attached hydrogens (tertiary/aromatic N) is 3. The van der Waals surface area contributed by atoms with Crippen molar-refractivity contribution in [1.82, 2.24) is 14.7 Å². The van der Waals surface area contributed by atoms with Crippen molar-refractivity contribution < 1.29 is 4.79 Å². The molecule has 0 radical (unpaired) electrons. The van der Waals surface area contributed by atoms with Crippen LogP contribution in [0.25, 0.3) is 0 Å². The van der Waals surface area contributed by atoms with Gasteiger partial charge in [-0.05, 0) is 36.0 Å². The smallest absolute Gasteiger partial charge is 0.321 e. The van der Waals surface area contributed by atoms with Gasteiger partial charge in [-0.15, -0.1) is 0 Å². The second-order valence-corrected chi connectivity index (χ2v) is 6.82. The Bertz CT molecular complexity index is 687. The molecule has 5 nitrogen and oxygen atoms in total. The molecule has 1 aromatic carbocycles. The van der Waals surface area contributed by atoms with Crippen LogP contribution < -0.4 is 5.32 Å². The van der Waals surface area contributed by atoms with Crippen LogP contribution in [0, 0.1) is 0 Å². The van der Waals surface area contributed by atoms with Crippen molar-refractivity contribution in [1.29, 1.82) is 0 Å². The lowest BCUT2D eigenvalue weighted by Crippen LogP contribution is -2.45. The highest BCUT2D eigenvalue weighted by molar-refractivity contribution is 6.30. The fraction of sp³-hybridized carbons (Fsp3) is 0.412. The first-order valence-electron chi connectivity index (χ1n) is 7.77. The number of anilines is 1. The van der Waals surface area contributed by atoms with E-state index in [1.807, 2.05) is 24.1 Å². The zero-order valence-electron chi connectivity index (χ0n) is 13.4. The molecular weight excluding hydrogens is 312 g/mol. The number of amides is 2. The van der Waals surface area contributed by atoms with Crippen LogP contribution in [0.4, 0.5) is 10.5 Å². The van der Waals surface area contributed by atoms with E-state index in [4.69, 9.17) is 11.6 Å². The van der Waals surface area contributed by atoms with E-state index in [2.05, 4.69) is 29.5 Å². The van der Waals surface area contributed by atoms with Crippen LogP contribution in [0.5, 0.6) is 0 Å². The molecule has 2 aromatic rings. The quantitative estimate of drug-likeness (QED) is 0.912. The van der Waals surface area contributed by atoms with Crippen molar-refractivity contribution in [3.05, 3.63) is 47.2 Å². The molecule has 122 valence electrons. The molecule has 1 saturated heterocycles. The van der Waals surface area contributed by atoms with Crippen LogP contribution in [0.2, 0.25) is 5.02 Å². The lowest BCUT2D eigenvalue weighted by atomic mass is 9.74. The standard InChI is InChI=1S/C17H21ClN4O/c1-17(13-3-5-14(18)6-4-13)7-9-22(10-8-17)16(23)20-15-11-19-21(2)12-15/h3-6,11-12H,7-10H2,1-2H3,(H,20,23). The predicted molar refractivity (Wildman–Crippen MR) is 91.8 cm³/mol. The van der Waals surface area contributed by atoms with Crippen molar-refractivity contribution in [3.8, 4) is 0 Å². The van der Waals surface area contributed by atoms with E-state index in [-0.39, 0.29) is 11.4 Å². The van der Waals surface area contributed by atoms with Crippen molar-refractivity contribution >= 4 is 23.3 Å². The molecule has 0 spiro atoms. The molecule has 1 aromatic heterocycles. The zero-order valence-corrected chi connectivity index (χ0v) is 14.2. The Hall–Kier alpha value is -2.01. The number of piperidine rings is 1. The summed E-state index contributed by atoms with van der Waals surface area (Å²) in [5.41, 5.74) is 2.10. The largest absolute Gasteiger partial charge is 0.324 e. The summed E-state index contributed by atoms with van der Waals surface area (Å²) in [7, 11) is 1.83. The van der Waals surface area contributed by atoms with Crippen molar-refractivity contribution in [3.63, 3.8) is 0 Å². The summed E-state index contributed by atoms with van der Waals surface area (Å²) in [4.78, 5) is 14.2. The molecule has 1 aliphatic rings. The van der Waals surface area contributed by atoms with Gasteiger partial charge in [-0.3, -0.25) is 4.68 Å². The predicted octanol–water partition coefficient (Wildman–Crippen LogP) is 3.66. The van der Waals surface area contributed by atoms with Gasteiger partial charge >= 0.3 is 6.03 Å². The van der Waals surface area contributed by atoms with Gasteiger partial charge in [0, 0.05) is 31.4 Å². The van der Waals surface area contributed by atoms with Crippen LogP contribution in [0.15, 0.2) is 36.7 Å². The number of benzene rings is 1. The first-order chi connectivity index (χ1) is 11.0. The summed E-state index contributed by atoms with van der Waals surface area (Å²) in [6, 6.07) is 7.99. The van der Waals surface area contributed by atoms with Crippen LogP contribution in [0.3, 0.4) is 0 Å². The Labute approximate surface area is 141 Å². The van der Waals surface area contributed by atoms with Gasteiger partial charge in [0.05, 0.1) is 11.9 Å². The average molecular weight is 333 g/mol. The minimum absolute atomic E-state index is 0.0591. The number of hydrogen-bond acceptors (Lipinski definition) is 2. The first-order valence-corrected chi connectivity index (χ1v) is 8.15. The maximum absolute atomic E-state index is 12.3. The molecule has 1 aliphatic heterocycles. The summed E-state index contributed by atoms with van der Waals surface area (Å²) >= 11 is 5.97. The van der Waals surface area contributed by atoms with E-state index in [1.165, 1.54) is 5.56 Å². The van der Waals surface area contributed by atoms with Crippen LogP contribution in [-0.4, -0.2) is 33.8 Å². The minimum atomic E-state index is -0.0591. The lowest BCUT2D eigenvalue weighted by Gasteiger charge is -2.39. The number of aromatic nitrogens is 2. The van der Waals surface area contributed by atoms with Crippen molar-refractivity contribution in [2.24, 2.45) is 7.05 Å². The number of halogens is 1. The molecule has 0 unspecified atom stereocenters. The van der Waals surface area contributed by atoms with E-state index in [1.54, 1.807) is 17.1 Å². The Morgan fingerprint density at radius 1 is 1.26 bits per heavy atom. The number of nitrogens with one attached hydrogen (secondary N) is 1. The van der Waals surface area contributed by atoms with Crippen molar-refractivity contribution in [2.75, 3.05) is 18.4 Å². The van der Waals surface area contributed by atoms with Gasteiger partial charge in [0.25, 0.3) is 0 Å². The molecular formula is C17H21ClN4O. The lowest BCUT2D eigenvalue weighted by molar-refractivity contribution is 0.174. The van der Waals surface area contributed by atoms with E-state index >= 15 is 0 Å². The highest BCUT2D eigenvalue weighted by atomic mass is 35.5. The van der Waals surface area contributed by atoms with Gasteiger partial charge in [-0.2, -0.15) is 5.10 Å². The molecule has 6 heteroatoms. The second-order valence-electron chi connectivity index (χ2n) is 6.39. The Morgan fingerprint density at radius 3 is 2.48 bits per heavy atom. The molecule has 2 heterocycles. The molecule has 1 fully saturated rings. The Kier molecular flexibility index (Phi) is 4.31. The second kappa shape index (κ2) is 6.24. The van der Waals surface area contributed by atoms with Gasteiger partial charge in [0.1, 0.15) is 0 Å². The Morgan fingerprint density at radius 2 is 1.91 bits per heavy atom. The number of rotatable bonds is 2. The average Bonchev–Trinajstić information content (AvgIpc) is 2.93. The SMILES string of the molecule is Cn1cc(NC(=O)N2CCC(C)(c3ccc(Cl)cc3)CC2)cn1. The Balaban J connectivity index is 1.61. The van der Waals surface area contributed by atoms with E-state index in [0.717, 1.165) is 36.6 Å². The molecule has 0 saturated carbocycles. The van der Waals surface area contributed by atoms with Gasteiger partial charge in [-0.25, -0.2) is 4.79 Å². The number of urea groups is 1. The number of hydrogen-bond donors (Lipinski definition) is 1. The first kappa shape index (κ1) is 15.9.